The number of carbonyl (C=O) groups excluding carboxylic acids is 1. The first-order chi connectivity index (χ1) is 14.1. The Balaban J connectivity index is 0.00000320. The number of amides is 1. The van der Waals surface area contributed by atoms with E-state index in [0.717, 1.165) is 50.4 Å². The van der Waals surface area contributed by atoms with E-state index in [9.17, 15) is 9.00 Å². The molecule has 1 heterocycles. The first-order valence-electron chi connectivity index (χ1n) is 10.8. The summed E-state index contributed by atoms with van der Waals surface area (Å²) in [5.41, 5.74) is 2.37. The molecule has 30 heavy (non-hydrogen) atoms. The van der Waals surface area contributed by atoms with Gasteiger partial charge in [-0.2, -0.15) is 0 Å². The van der Waals surface area contributed by atoms with Gasteiger partial charge in [0, 0.05) is 60.9 Å². The summed E-state index contributed by atoms with van der Waals surface area (Å²) in [5, 5.41) is 7.25. The molecule has 2 aliphatic rings. The van der Waals surface area contributed by atoms with E-state index < -0.39 is 10.8 Å². The lowest BCUT2D eigenvalue weighted by molar-refractivity contribution is -0.128. The fraction of sp³-hybridized carbons (Fsp3) is 0.636. The number of aliphatic imine (C=N–C) groups is 1. The fourth-order valence-corrected chi connectivity index (χ4v) is 5.63. The Morgan fingerprint density at radius 1 is 1.23 bits per heavy atom. The molecule has 1 amide bonds. The normalized spacial score (nSPS) is 23.1. The van der Waals surface area contributed by atoms with Crippen molar-refractivity contribution < 1.29 is 9.00 Å². The first kappa shape index (κ1) is 25.1. The van der Waals surface area contributed by atoms with Gasteiger partial charge in [-0.3, -0.25) is 14.0 Å². The second-order valence-corrected chi connectivity index (χ2v) is 9.92. The summed E-state index contributed by atoms with van der Waals surface area (Å²) in [5.74, 6) is 1.77. The SMILES string of the molecule is CCS(=O)C1CCCC(NC(=NC)NCc2ccccc2CN2CCCC2=O)C1.I. The number of benzene rings is 1. The highest BCUT2D eigenvalue weighted by Gasteiger charge is 2.26. The van der Waals surface area contributed by atoms with E-state index in [1.54, 1.807) is 7.05 Å². The second kappa shape index (κ2) is 12.6. The van der Waals surface area contributed by atoms with Crippen molar-refractivity contribution in [1.82, 2.24) is 15.5 Å². The van der Waals surface area contributed by atoms with Crippen LogP contribution in [0.3, 0.4) is 0 Å². The third-order valence-corrected chi connectivity index (χ3v) is 7.68. The molecule has 1 saturated carbocycles. The van der Waals surface area contributed by atoms with Crippen LogP contribution >= 0.6 is 24.0 Å². The quantitative estimate of drug-likeness (QED) is 0.313. The molecule has 1 aliphatic carbocycles. The summed E-state index contributed by atoms with van der Waals surface area (Å²) in [6.45, 7) is 4.19. The van der Waals surface area contributed by atoms with Gasteiger partial charge in [0.15, 0.2) is 5.96 Å². The van der Waals surface area contributed by atoms with Crippen LogP contribution in [0.1, 0.15) is 56.6 Å². The smallest absolute Gasteiger partial charge is 0.222 e. The minimum absolute atomic E-state index is 0. The zero-order valence-electron chi connectivity index (χ0n) is 18.1. The van der Waals surface area contributed by atoms with E-state index in [0.29, 0.717) is 30.8 Å². The molecule has 3 unspecified atom stereocenters. The predicted octanol–water partition coefficient (Wildman–Crippen LogP) is 3.17. The molecule has 0 aromatic heterocycles. The number of hydrogen-bond donors (Lipinski definition) is 2. The molecular weight excluding hydrogens is 511 g/mol. The van der Waals surface area contributed by atoms with Crippen molar-refractivity contribution in [3.05, 3.63) is 35.4 Å². The van der Waals surface area contributed by atoms with Gasteiger partial charge in [0.05, 0.1) is 0 Å². The molecule has 6 nitrogen and oxygen atoms in total. The molecule has 8 heteroatoms. The Hall–Kier alpha value is -1.16. The number of hydrogen-bond acceptors (Lipinski definition) is 3. The van der Waals surface area contributed by atoms with Crippen LogP contribution in [0.5, 0.6) is 0 Å². The molecule has 1 saturated heterocycles. The molecule has 2 fully saturated rings. The van der Waals surface area contributed by atoms with Crippen molar-refractivity contribution in [3.8, 4) is 0 Å². The van der Waals surface area contributed by atoms with Crippen LogP contribution in [-0.2, 0) is 28.7 Å². The zero-order chi connectivity index (χ0) is 20.6. The number of carbonyl (C=O) groups is 1. The van der Waals surface area contributed by atoms with Crippen molar-refractivity contribution in [2.24, 2.45) is 4.99 Å². The highest BCUT2D eigenvalue weighted by Crippen LogP contribution is 2.23. The molecule has 3 atom stereocenters. The predicted molar refractivity (Wildman–Crippen MR) is 135 cm³/mol. The van der Waals surface area contributed by atoms with Crippen LogP contribution in [0.15, 0.2) is 29.3 Å². The largest absolute Gasteiger partial charge is 0.354 e. The van der Waals surface area contributed by atoms with Crippen LogP contribution in [0.2, 0.25) is 0 Å². The molecule has 1 aromatic carbocycles. The highest BCUT2D eigenvalue weighted by molar-refractivity contribution is 14.0. The molecule has 0 bridgehead atoms. The Kier molecular flexibility index (Phi) is 10.6. The Bertz CT molecular complexity index is 758. The fourth-order valence-electron chi connectivity index (χ4n) is 4.28. The summed E-state index contributed by atoms with van der Waals surface area (Å²) in [7, 11) is 1.06. The zero-order valence-corrected chi connectivity index (χ0v) is 21.2. The molecule has 1 aliphatic heterocycles. The summed E-state index contributed by atoms with van der Waals surface area (Å²) in [4.78, 5) is 18.3. The van der Waals surface area contributed by atoms with E-state index >= 15 is 0 Å². The van der Waals surface area contributed by atoms with Gasteiger partial charge >= 0.3 is 0 Å². The molecule has 168 valence electrons. The summed E-state index contributed by atoms with van der Waals surface area (Å²) < 4.78 is 12.2. The second-order valence-electron chi connectivity index (χ2n) is 7.91. The molecule has 0 radical (unpaired) electrons. The van der Waals surface area contributed by atoms with E-state index in [2.05, 4.69) is 27.8 Å². The number of likely N-dealkylation sites (tertiary alicyclic amines) is 1. The lowest BCUT2D eigenvalue weighted by atomic mass is 9.95. The van der Waals surface area contributed by atoms with Gasteiger partial charge in [0.2, 0.25) is 5.91 Å². The van der Waals surface area contributed by atoms with E-state index in [4.69, 9.17) is 0 Å². The lowest BCUT2D eigenvalue weighted by Crippen LogP contribution is -2.46. The number of halogens is 1. The Morgan fingerprint density at radius 3 is 2.67 bits per heavy atom. The van der Waals surface area contributed by atoms with E-state index in [-0.39, 0.29) is 29.9 Å². The number of rotatable bonds is 7. The summed E-state index contributed by atoms with van der Waals surface area (Å²) in [6, 6.07) is 8.59. The number of guanidine groups is 1. The van der Waals surface area contributed by atoms with Crippen LogP contribution in [0.25, 0.3) is 0 Å². The standard InChI is InChI=1S/C22H34N4O2S.HI/c1-3-29(28)20-11-6-10-19(14-20)25-22(23-2)24-15-17-8-4-5-9-18(17)16-26-13-7-12-21(26)27;/h4-5,8-9,19-20H,3,6-7,10-16H2,1-2H3,(H2,23,24,25);1H. The topological polar surface area (TPSA) is 73.8 Å². The van der Waals surface area contributed by atoms with Crippen LogP contribution in [0, 0.1) is 0 Å². The van der Waals surface area contributed by atoms with Gasteiger partial charge in [-0.15, -0.1) is 24.0 Å². The van der Waals surface area contributed by atoms with Gasteiger partial charge < -0.3 is 15.5 Å². The van der Waals surface area contributed by atoms with Gasteiger partial charge in [-0.1, -0.05) is 37.6 Å². The maximum Gasteiger partial charge on any atom is 0.222 e. The van der Waals surface area contributed by atoms with Crippen LogP contribution in [0.4, 0.5) is 0 Å². The maximum atomic E-state index is 12.2. The lowest BCUT2D eigenvalue weighted by Gasteiger charge is -2.30. The van der Waals surface area contributed by atoms with Crippen molar-refractivity contribution in [2.75, 3.05) is 19.3 Å². The molecule has 0 spiro atoms. The van der Waals surface area contributed by atoms with Gasteiger partial charge in [0.1, 0.15) is 0 Å². The van der Waals surface area contributed by atoms with Crippen molar-refractivity contribution in [2.45, 2.75) is 69.8 Å². The Labute approximate surface area is 200 Å². The van der Waals surface area contributed by atoms with Gasteiger partial charge in [-0.25, -0.2) is 0 Å². The average Bonchev–Trinajstić information content (AvgIpc) is 3.16. The molecule has 3 rings (SSSR count). The average molecular weight is 547 g/mol. The summed E-state index contributed by atoms with van der Waals surface area (Å²) in [6.07, 6.45) is 5.83. The van der Waals surface area contributed by atoms with Crippen molar-refractivity contribution in [3.63, 3.8) is 0 Å². The van der Waals surface area contributed by atoms with Gasteiger partial charge in [0.25, 0.3) is 0 Å². The minimum atomic E-state index is -0.726. The minimum Gasteiger partial charge on any atom is -0.354 e. The molecular formula is C22H35IN4O2S. The van der Waals surface area contributed by atoms with Crippen LogP contribution in [-0.4, -0.2) is 51.6 Å². The van der Waals surface area contributed by atoms with E-state index in [1.807, 2.05) is 24.0 Å². The molecule has 1 aromatic rings. The Morgan fingerprint density at radius 2 is 2.00 bits per heavy atom. The number of nitrogens with one attached hydrogen (secondary N) is 2. The monoisotopic (exact) mass is 546 g/mol. The summed E-state index contributed by atoms with van der Waals surface area (Å²) >= 11 is 0. The third-order valence-electron chi connectivity index (χ3n) is 5.94. The third kappa shape index (κ3) is 6.93. The number of nitrogens with zero attached hydrogens (tertiary/aromatic N) is 2. The van der Waals surface area contributed by atoms with Gasteiger partial charge in [-0.05, 0) is 36.8 Å². The van der Waals surface area contributed by atoms with Crippen molar-refractivity contribution >= 4 is 46.6 Å². The maximum absolute atomic E-state index is 12.2. The molecule has 2 N–H and O–H groups in total. The highest BCUT2D eigenvalue weighted by atomic mass is 127. The van der Waals surface area contributed by atoms with Crippen molar-refractivity contribution in [1.29, 1.82) is 0 Å². The van der Waals surface area contributed by atoms with Crippen LogP contribution < -0.4 is 10.6 Å². The first-order valence-corrected chi connectivity index (χ1v) is 12.2. The van der Waals surface area contributed by atoms with E-state index in [1.165, 1.54) is 11.1 Å².